The maximum absolute atomic E-state index is 13.3. The first-order valence-corrected chi connectivity index (χ1v) is 14.8. The minimum atomic E-state index is -0.0732. The summed E-state index contributed by atoms with van der Waals surface area (Å²) in [7, 11) is 2.13. The molecule has 2 unspecified atom stereocenters. The van der Waals surface area contributed by atoms with Crippen LogP contribution < -0.4 is 14.8 Å². The Morgan fingerprint density at radius 3 is 2.48 bits per heavy atom. The van der Waals surface area contributed by atoms with Crippen molar-refractivity contribution in [3.63, 3.8) is 0 Å². The van der Waals surface area contributed by atoms with E-state index in [1.807, 2.05) is 44.2 Å². The molecule has 1 saturated carbocycles. The van der Waals surface area contributed by atoms with Gasteiger partial charge in [-0.25, -0.2) is 0 Å². The van der Waals surface area contributed by atoms with Gasteiger partial charge in [0.1, 0.15) is 0 Å². The lowest BCUT2D eigenvalue weighted by Gasteiger charge is -2.37. The van der Waals surface area contributed by atoms with E-state index in [0.29, 0.717) is 30.5 Å². The summed E-state index contributed by atoms with van der Waals surface area (Å²) < 4.78 is 11.6. The summed E-state index contributed by atoms with van der Waals surface area (Å²) in [4.78, 5) is 17.4. The molecule has 0 radical (unpaired) electrons. The average Bonchev–Trinajstić information content (AvgIpc) is 3.44. The van der Waals surface area contributed by atoms with E-state index in [1.54, 1.807) is 4.80 Å². The summed E-state index contributed by atoms with van der Waals surface area (Å²) in [5, 5.41) is 16.5. The molecular formula is C31H42N6O3. The number of piperidine rings is 1. The van der Waals surface area contributed by atoms with Gasteiger partial charge in [-0.05, 0) is 87.7 Å². The van der Waals surface area contributed by atoms with Gasteiger partial charge in [-0.3, -0.25) is 4.79 Å². The molecule has 2 aromatic carbocycles. The normalized spacial score (nSPS) is 20.3. The van der Waals surface area contributed by atoms with E-state index >= 15 is 0 Å². The highest BCUT2D eigenvalue weighted by atomic mass is 16.5. The third-order valence-electron chi connectivity index (χ3n) is 8.13. The third kappa shape index (κ3) is 6.81. The Balaban J connectivity index is 1.26. The molecule has 3 aromatic rings. The molecule has 0 bridgehead atoms. The molecule has 1 aliphatic carbocycles. The standard InChI is InChI=1S/C31H42N6O3/c1-4-39-28-16-15-25(19-29(28)40-5-2)26-21-36(3)18-17-27(26)32-31(38)24-13-11-23(12-14-24)30-33-35-37(34-30)20-22-9-7-6-8-10-22/h11-16,19,22,26-27H,4-10,17-18,20-21H2,1-3H3,(H,32,38). The van der Waals surface area contributed by atoms with Crippen LogP contribution in [0.2, 0.25) is 0 Å². The number of carbonyl (C=O) groups excluding carboxylic acids is 1. The fourth-order valence-electron chi connectivity index (χ4n) is 5.98. The minimum absolute atomic E-state index is 0.0112. The summed E-state index contributed by atoms with van der Waals surface area (Å²) in [6.07, 6.45) is 7.28. The number of likely N-dealkylation sites (tertiary alicyclic amines) is 1. The Labute approximate surface area is 237 Å². The molecule has 1 amide bonds. The van der Waals surface area contributed by atoms with Crippen molar-refractivity contribution in [2.45, 2.75) is 70.9 Å². The second-order valence-electron chi connectivity index (χ2n) is 11.1. The van der Waals surface area contributed by atoms with Crippen LogP contribution in [0.1, 0.15) is 74.2 Å². The van der Waals surface area contributed by atoms with Gasteiger partial charge in [0.15, 0.2) is 11.5 Å². The number of tetrazole rings is 1. The number of hydrogen-bond acceptors (Lipinski definition) is 7. The first-order chi connectivity index (χ1) is 19.5. The predicted octanol–water partition coefficient (Wildman–Crippen LogP) is 4.94. The average molecular weight is 547 g/mol. The lowest BCUT2D eigenvalue weighted by molar-refractivity contribution is 0.0904. The zero-order valence-electron chi connectivity index (χ0n) is 24.0. The molecule has 1 N–H and O–H groups in total. The summed E-state index contributed by atoms with van der Waals surface area (Å²) in [5.74, 6) is 2.80. The number of likely N-dealkylation sites (N-methyl/N-ethyl adjacent to an activating group) is 1. The highest BCUT2D eigenvalue weighted by Crippen LogP contribution is 2.35. The number of amides is 1. The summed E-state index contributed by atoms with van der Waals surface area (Å²) >= 11 is 0. The quantitative estimate of drug-likeness (QED) is 0.385. The summed E-state index contributed by atoms with van der Waals surface area (Å²) in [6.45, 7) is 7.69. The van der Waals surface area contributed by atoms with Crippen LogP contribution in [0, 0.1) is 5.92 Å². The van der Waals surface area contributed by atoms with E-state index in [4.69, 9.17) is 9.47 Å². The van der Waals surface area contributed by atoms with Crippen LogP contribution >= 0.6 is 0 Å². The monoisotopic (exact) mass is 546 g/mol. The van der Waals surface area contributed by atoms with Crippen molar-refractivity contribution >= 4 is 5.91 Å². The van der Waals surface area contributed by atoms with Crippen LogP contribution in [0.4, 0.5) is 0 Å². The molecule has 9 heteroatoms. The third-order valence-corrected chi connectivity index (χ3v) is 8.13. The van der Waals surface area contributed by atoms with E-state index in [2.05, 4.69) is 44.8 Å². The van der Waals surface area contributed by atoms with Crippen LogP contribution in [0.3, 0.4) is 0 Å². The molecule has 1 aromatic heterocycles. The number of hydrogen-bond donors (Lipinski definition) is 1. The molecule has 1 aliphatic heterocycles. The maximum Gasteiger partial charge on any atom is 0.251 e. The van der Waals surface area contributed by atoms with Crippen molar-refractivity contribution in [3.8, 4) is 22.9 Å². The first-order valence-electron chi connectivity index (χ1n) is 14.8. The van der Waals surface area contributed by atoms with Crippen molar-refractivity contribution in [3.05, 3.63) is 53.6 Å². The van der Waals surface area contributed by atoms with Crippen LogP contribution in [0.25, 0.3) is 11.4 Å². The van der Waals surface area contributed by atoms with E-state index in [0.717, 1.165) is 48.7 Å². The van der Waals surface area contributed by atoms with Crippen molar-refractivity contribution < 1.29 is 14.3 Å². The SMILES string of the molecule is CCOc1ccc(C2CN(C)CCC2NC(=O)c2ccc(-c3nnn(CC4CCCCC4)n3)cc2)cc1OCC. The van der Waals surface area contributed by atoms with Crippen LogP contribution in [0.15, 0.2) is 42.5 Å². The second kappa shape index (κ2) is 13.3. The summed E-state index contributed by atoms with van der Waals surface area (Å²) in [6, 6.07) is 13.7. The number of aromatic nitrogens is 4. The number of rotatable bonds is 10. The maximum atomic E-state index is 13.3. The Bertz CT molecular complexity index is 1250. The van der Waals surface area contributed by atoms with Crippen LogP contribution in [-0.2, 0) is 6.54 Å². The molecule has 2 heterocycles. The van der Waals surface area contributed by atoms with Crippen LogP contribution in [0.5, 0.6) is 11.5 Å². The fraction of sp³-hybridized carbons (Fsp3) is 0.548. The van der Waals surface area contributed by atoms with Crippen molar-refractivity contribution in [1.29, 1.82) is 0 Å². The largest absolute Gasteiger partial charge is 0.490 e. The molecule has 2 atom stereocenters. The zero-order valence-corrected chi connectivity index (χ0v) is 24.0. The van der Waals surface area contributed by atoms with Gasteiger partial charge < -0.3 is 19.7 Å². The zero-order chi connectivity index (χ0) is 27.9. The topological polar surface area (TPSA) is 94.4 Å². The van der Waals surface area contributed by atoms with E-state index in [9.17, 15) is 4.79 Å². The first kappa shape index (κ1) is 28.1. The predicted molar refractivity (Wildman–Crippen MR) is 155 cm³/mol. The van der Waals surface area contributed by atoms with Gasteiger partial charge in [0.2, 0.25) is 5.82 Å². The summed E-state index contributed by atoms with van der Waals surface area (Å²) in [5.41, 5.74) is 2.63. The lowest BCUT2D eigenvalue weighted by atomic mass is 9.85. The molecular weight excluding hydrogens is 504 g/mol. The lowest BCUT2D eigenvalue weighted by Crippen LogP contribution is -2.48. The van der Waals surface area contributed by atoms with Gasteiger partial charge in [-0.2, -0.15) is 4.80 Å². The molecule has 5 rings (SSSR count). The Hall–Kier alpha value is -3.46. The molecule has 1 saturated heterocycles. The molecule has 2 fully saturated rings. The van der Waals surface area contributed by atoms with Gasteiger partial charge >= 0.3 is 0 Å². The van der Waals surface area contributed by atoms with Crippen molar-refractivity contribution in [2.24, 2.45) is 5.92 Å². The van der Waals surface area contributed by atoms with E-state index in [1.165, 1.54) is 32.1 Å². The van der Waals surface area contributed by atoms with Crippen molar-refractivity contribution in [2.75, 3.05) is 33.4 Å². The van der Waals surface area contributed by atoms with Crippen molar-refractivity contribution in [1.82, 2.24) is 30.4 Å². The van der Waals surface area contributed by atoms with E-state index < -0.39 is 0 Å². The molecule has 0 spiro atoms. The number of nitrogens with zero attached hydrogens (tertiary/aromatic N) is 5. The van der Waals surface area contributed by atoms with Gasteiger partial charge in [0.25, 0.3) is 5.91 Å². The van der Waals surface area contributed by atoms with Crippen LogP contribution in [-0.4, -0.2) is 70.4 Å². The molecule has 9 nitrogen and oxygen atoms in total. The van der Waals surface area contributed by atoms with Gasteiger partial charge in [0.05, 0.1) is 19.8 Å². The fourth-order valence-corrected chi connectivity index (χ4v) is 5.98. The number of benzene rings is 2. The van der Waals surface area contributed by atoms with Gasteiger partial charge in [-0.15, -0.1) is 10.2 Å². The minimum Gasteiger partial charge on any atom is -0.490 e. The molecule has 40 heavy (non-hydrogen) atoms. The molecule has 214 valence electrons. The Morgan fingerprint density at radius 1 is 0.975 bits per heavy atom. The number of nitrogens with one attached hydrogen (secondary N) is 1. The second-order valence-corrected chi connectivity index (χ2v) is 11.1. The van der Waals surface area contributed by atoms with Gasteiger partial charge in [0, 0.05) is 29.6 Å². The van der Waals surface area contributed by atoms with E-state index in [-0.39, 0.29) is 17.9 Å². The molecule has 2 aliphatic rings. The number of carbonyl (C=O) groups is 1. The Morgan fingerprint density at radius 2 is 1.73 bits per heavy atom. The highest BCUT2D eigenvalue weighted by Gasteiger charge is 2.31. The Kier molecular flexibility index (Phi) is 9.31. The smallest absolute Gasteiger partial charge is 0.251 e. The van der Waals surface area contributed by atoms with Gasteiger partial charge in [-0.1, -0.05) is 37.5 Å². The number of ether oxygens (including phenoxy) is 2. The highest BCUT2D eigenvalue weighted by molar-refractivity contribution is 5.94.